The van der Waals surface area contributed by atoms with Crippen LogP contribution in [-0.2, 0) is 11.3 Å². The molecule has 178 valence electrons. The summed E-state index contributed by atoms with van der Waals surface area (Å²) in [5, 5.41) is 15.6. The number of amidine groups is 1. The number of benzene rings is 2. The molecule has 0 saturated carbocycles. The van der Waals surface area contributed by atoms with Crippen molar-refractivity contribution in [1.82, 2.24) is 19.7 Å². The summed E-state index contributed by atoms with van der Waals surface area (Å²) >= 11 is 0. The van der Waals surface area contributed by atoms with E-state index in [-0.39, 0.29) is 12.6 Å². The molecule has 5 rings (SSSR count). The molecule has 1 atom stereocenters. The fourth-order valence-corrected chi connectivity index (χ4v) is 3.85. The molecule has 0 saturated heterocycles. The number of nitrogens with two attached hydrogens (primary N) is 1. The third kappa shape index (κ3) is 4.44. The Hall–Kier alpha value is -4.64. The van der Waals surface area contributed by atoms with Crippen molar-refractivity contribution in [2.45, 2.75) is 12.6 Å². The van der Waals surface area contributed by atoms with E-state index in [1.165, 1.54) is 4.68 Å². The zero-order chi connectivity index (χ0) is 24.4. The molecule has 3 heterocycles. The van der Waals surface area contributed by atoms with Crippen molar-refractivity contribution in [3.63, 3.8) is 0 Å². The van der Waals surface area contributed by atoms with E-state index in [4.69, 9.17) is 25.4 Å². The Labute approximate surface area is 200 Å². The number of pyridine rings is 1. The average molecular weight is 473 g/mol. The minimum atomic E-state index is -0.572. The quantitative estimate of drug-likeness (QED) is 0.236. The Morgan fingerprint density at radius 2 is 2.09 bits per heavy atom. The summed E-state index contributed by atoms with van der Waals surface area (Å²) in [7, 11) is 1.57. The predicted molar refractivity (Wildman–Crippen MR) is 128 cm³/mol. The number of rotatable bonds is 7. The standard InChI is InChI=1S/C24H23N7O4/c1-33-18-11-15(10-16-12-34-13-35-21(16)18)20(28-17-7-5-14(6-8-17)22(25)26)23-29-24(32)31(30-23)19-4-2-3-9-27-19/h2-11,20,28H,12-13H2,1H3,(H3,25,26)(H,29,30,32). The predicted octanol–water partition coefficient (Wildman–Crippen LogP) is 2.32. The maximum Gasteiger partial charge on any atom is 0.349 e. The largest absolute Gasteiger partial charge is 0.493 e. The van der Waals surface area contributed by atoms with Crippen molar-refractivity contribution >= 4 is 11.5 Å². The van der Waals surface area contributed by atoms with Crippen LogP contribution in [-0.4, -0.2) is 39.5 Å². The number of aromatic amines is 1. The molecule has 2 aromatic heterocycles. The minimum absolute atomic E-state index is 0.0223. The first-order chi connectivity index (χ1) is 17.0. The molecule has 2 aromatic carbocycles. The monoisotopic (exact) mass is 473 g/mol. The number of nitrogens with one attached hydrogen (secondary N) is 3. The summed E-state index contributed by atoms with van der Waals surface area (Å²) in [5.41, 5.74) is 8.08. The summed E-state index contributed by atoms with van der Waals surface area (Å²) in [5.74, 6) is 1.92. The van der Waals surface area contributed by atoms with Crippen LogP contribution >= 0.6 is 0 Å². The molecule has 0 fully saturated rings. The second-order valence-electron chi connectivity index (χ2n) is 7.81. The molecule has 35 heavy (non-hydrogen) atoms. The van der Waals surface area contributed by atoms with Gasteiger partial charge in [0, 0.05) is 23.0 Å². The summed E-state index contributed by atoms with van der Waals surface area (Å²) < 4.78 is 17.9. The van der Waals surface area contributed by atoms with E-state index in [2.05, 4.69) is 20.4 Å². The van der Waals surface area contributed by atoms with Crippen LogP contribution in [0.2, 0.25) is 0 Å². The minimum Gasteiger partial charge on any atom is -0.493 e. The first-order valence-corrected chi connectivity index (χ1v) is 10.8. The molecule has 1 unspecified atom stereocenters. The molecule has 11 heteroatoms. The smallest absolute Gasteiger partial charge is 0.349 e. The summed E-state index contributed by atoms with van der Waals surface area (Å²) in [6.45, 7) is 0.507. The Bertz CT molecular complexity index is 1400. The fourth-order valence-electron chi connectivity index (χ4n) is 3.85. The van der Waals surface area contributed by atoms with Gasteiger partial charge in [0.15, 0.2) is 29.9 Å². The van der Waals surface area contributed by atoms with E-state index in [0.29, 0.717) is 35.3 Å². The highest BCUT2D eigenvalue weighted by Crippen LogP contribution is 2.38. The number of methoxy groups -OCH3 is 1. The average Bonchev–Trinajstić information content (AvgIpc) is 3.28. The van der Waals surface area contributed by atoms with E-state index >= 15 is 0 Å². The van der Waals surface area contributed by atoms with Gasteiger partial charge in [-0.15, -0.1) is 5.10 Å². The van der Waals surface area contributed by atoms with E-state index in [9.17, 15) is 4.79 Å². The van der Waals surface area contributed by atoms with Crippen molar-refractivity contribution in [3.8, 4) is 17.3 Å². The maximum absolute atomic E-state index is 12.8. The Kier molecular flexibility index (Phi) is 5.90. The van der Waals surface area contributed by atoms with Crippen LogP contribution in [0.5, 0.6) is 11.5 Å². The van der Waals surface area contributed by atoms with Gasteiger partial charge >= 0.3 is 5.69 Å². The van der Waals surface area contributed by atoms with Gasteiger partial charge in [-0.3, -0.25) is 10.4 Å². The SMILES string of the molecule is COc1cc(C(Nc2ccc(C(=N)N)cc2)c2nn(-c3ccccn3)c(=O)[nH]2)cc2c1OCOC2. The number of ether oxygens (including phenoxy) is 3. The first kappa shape index (κ1) is 22.2. The number of nitrogens with zero attached hydrogens (tertiary/aromatic N) is 3. The van der Waals surface area contributed by atoms with Gasteiger partial charge in [0.25, 0.3) is 0 Å². The van der Waals surface area contributed by atoms with Crippen molar-refractivity contribution < 1.29 is 14.2 Å². The third-order valence-corrected chi connectivity index (χ3v) is 5.53. The van der Waals surface area contributed by atoms with E-state index in [1.54, 1.807) is 55.8 Å². The van der Waals surface area contributed by atoms with E-state index < -0.39 is 11.7 Å². The van der Waals surface area contributed by atoms with Gasteiger partial charge in [-0.05, 0) is 54.1 Å². The molecule has 0 aliphatic carbocycles. The van der Waals surface area contributed by atoms with Gasteiger partial charge in [-0.2, -0.15) is 4.68 Å². The van der Waals surface area contributed by atoms with Crippen molar-refractivity contribution in [2.75, 3.05) is 19.2 Å². The zero-order valence-corrected chi connectivity index (χ0v) is 18.8. The Morgan fingerprint density at radius 3 is 2.80 bits per heavy atom. The summed E-state index contributed by atoms with van der Waals surface area (Å²) in [6.07, 6.45) is 1.59. The number of hydrogen-bond donors (Lipinski definition) is 4. The molecule has 11 nitrogen and oxygen atoms in total. The van der Waals surface area contributed by atoms with Gasteiger partial charge in [-0.1, -0.05) is 6.07 Å². The van der Waals surface area contributed by atoms with Crippen molar-refractivity contribution in [1.29, 1.82) is 5.41 Å². The molecule has 0 spiro atoms. The number of aromatic nitrogens is 4. The van der Waals surface area contributed by atoms with Crippen LogP contribution in [0.4, 0.5) is 5.69 Å². The molecule has 0 radical (unpaired) electrons. The van der Waals surface area contributed by atoms with Crippen LogP contribution < -0.4 is 26.2 Å². The number of H-pyrrole nitrogens is 1. The number of nitrogen functional groups attached to an aromatic ring is 1. The lowest BCUT2D eigenvalue weighted by molar-refractivity contribution is -0.0180. The first-order valence-electron chi connectivity index (χ1n) is 10.8. The van der Waals surface area contributed by atoms with Crippen LogP contribution in [0.25, 0.3) is 5.82 Å². The molecule has 4 aromatic rings. The molecular formula is C24H23N7O4. The van der Waals surface area contributed by atoms with Gasteiger partial charge in [-0.25, -0.2) is 9.78 Å². The molecule has 5 N–H and O–H groups in total. The van der Waals surface area contributed by atoms with Crippen molar-refractivity contribution in [2.24, 2.45) is 5.73 Å². The second kappa shape index (κ2) is 9.31. The molecular weight excluding hydrogens is 450 g/mol. The molecule has 0 bridgehead atoms. The third-order valence-electron chi connectivity index (χ3n) is 5.53. The van der Waals surface area contributed by atoms with Crippen LogP contribution in [0.3, 0.4) is 0 Å². The Morgan fingerprint density at radius 1 is 1.26 bits per heavy atom. The number of fused-ring (bicyclic) bond motifs is 1. The zero-order valence-electron chi connectivity index (χ0n) is 18.8. The highest BCUT2D eigenvalue weighted by Gasteiger charge is 2.25. The molecule has 0 amide bonds. The Balaban J connectivity index is 1.60. The number of hydrogen-bond acceptors (Lipinski definition) is 8. The van der Waals surface area contributed by atoms with Crippen LogP contribution in [0, 0.1) is 5.41 Å². The number of anilines is 1. The highest BCUT2D eigenvalue weighted by molar-refractivity contribution is 5.95. The van der Waals surface area contributed by atoms with Crippen LogP contribution in [0.15, 0.2) is 65.6 Å². The maximum atomic E-state index is 12.8. The summed E-state index contributed by atoms with van der Waals surface area (Å²) in [4.78, 5) is 19.9. The summed E-state index contributed by atoms with van der Waals surface area (Å²) in [6, 6.07) is 15.5. The van der Waals surface area contributed by atoms with Crippen molar-refractivity contribution in [3.05, 3.63) is 93.8 Å². The molecule has 1 aliphatic heterocycles. The molecule has 1 aliphatic rings. The van der Waals surface area contributed by atoms with Gasteiger partial charge in [0.1, 0.15) is 11.9 Å². The topological polar surface area (TPSA) is 153 Å². The second-order valence-corrected chi connectivity index (χ2v) is 7.81. The van der Waals surface area contributed by atoms with Crippen LogP contribution in [0.1, 0.15) is 28.6 Å². The lowest BCUT2D eigenvalue weighted by Gasteiger charge is -2.24. The van der Waals surface area contributed by atoms with Gasteiger partial charge in [0.2, 0.25) is 0 Å². The fraction of sp³-hybridized carbons (Fsp3) is 0.167. The van der Waals surface area contributed by atoms with Gasteiger partial charge in [0.05, 0.1) is 13.7 Å². The normalized spacial score (nSPS) is 13.4. The highest BCUT2D eigenvalue weighted by atomic mass is 16.7. The van der Waals surface area contributed by atoms with Gasteiger partial charge < -0.3 is 25.3 Å². The lowest BCUT2D eigenvalue weighted by atomic mass is 10.0. The van der Waals surface area contributed by atoms with E-state index in [0.717, 1.165) is 16.8 Å². The van der Waals surface area contributed by atoms with E-state index in [1.807, 2.05) is 12.1 Å². The lowest BCUT2D eigenvalue weighted by Crippen LogP contribution is -2.18.